The van der Waals surface area contributed by atoms with Gasteiger partial charge in [0.1, 0.15) is 12.1 Å². The van der Waals surface area contributed by atoms with Crippen LogP contribution >= 0.6 is 0 Å². The summed E-state index contributed by atoms with van der Waals surface area (Å²) >= 11 is 0. The third-order valence-electron chi connectivity index (χ3n) is 6.03. The second-order valence-corrected chi connectivity index (χ2v) is 9.10. The van der Waals surface area contributed by atoms with Gasteiger partial charge in [0.25, 0.3) is 5.91 Å². The number of para-hydroxylation sites is 1. The molecule has 0 atom stereocenters. The van der Waals surface area contributed by atoms with Crippen molar-refractivity contribution in [2.45, 2.75) is 13.8 Å². The lowest BCUT2D eigenvalue weighted by atomic mass is 10.1. The molecule has 0 aliphatic carbocycles. The molecule has 39 heavy (non-hydrogen) atoms. The number of hydrazine groups is 1. The summed E-state index contributed by atoms with van der Waals surface area (Å²) in [6.07, 6.45) is 4.94. The van der Waals surface area contributed by atoms with E-state index in [0.29, 0.717) is 0 Å². The zero-order valence-electron chi connectivity index (χ0n) is 22.4. The summed E-state index contributed by atoms with van der Waals surface area (Å²) in [5.74, 6) is 0.763. The van der Waals surface area contributed by atoms with E-state index >= 15 is 0 Å². The van der Waals surface area contributed by atoms with Crippen LogP contribution in [0.2, 0.25) is 0 Å². The molecule has 2 heterocycles. The maximum absolute atomic E-state index is 12.2. The van der Waals surface area contributed by atoms with Gasteiger partial charge in [-0.15, -0.1) is 0 Å². The molecule has 0 unspecified atom stereocenters. The number of allylic oxidation sites excluding steroid dienone is 1. The molecule has 3 aromatic carbocycles. The summed E-state index contributed by atoms with van der Waals surface area (Å²) in [6.45, 7) is 7.43. The van der Waals surface area contributed by atoms with Gasteiger partial charge in [-0.3, -0.25) is 4.79 Å². The molecule has 8 heteroatoms. The molecule has 1 aromatic heterocycles. The lowest BCUT2D eigenvalue weighted by Crippen LogP contribution is -2.54. The highest BCUT2D eigenvalue weighted by atomic mass is 16.2. The van der Waals surface area contributed by atoms with Gasteiger partial charge in [0.15, 0.2) is 0 Å². The van der Waals surface area contributed by atoms with Crippen molar-refractivity contribution in [2.75, 3.05) is 42.2 Å². The maximum Gasteiger partial charge on any atom is 0.265 e. The van der Waals surface area contributed by atoms with Crippen LogP contribution in [0.4, 0.5) is 22.9 Å². The first kappa shape index (κ1) is 27.5. The number of aryl methyl sites for hydroxylation is 1. The highest BCUT2D eigenvalue weighted by Crippen LogP contribution is 2.23. The Morgan fingerprint density at radius 3 is 2.46 bits per heavy atom. The zero-order valence-corrected chi connectivity index (χ0v) is 22.4. The summed E-state index contributed by atoms with van der Waals surface area (Å²) in [5.41, 5.74) is 11.5. The Labute approximate surface area is 230 Å². The van der Waals surface area contributed by atoms with Crippen LogP contribution in [0.5, 0.6) is 0 Å². The van der Waals surface area contributed by atoms with Gasteiger partial charge >= 0.3 is 0 Å². The van der Waals surface area contributed by atoms with Gasteiger partial charge in [-0.1, -0.05) is 48.5 Å². The minimum atomic E-state index is 0.00519. The number of hydrogen-bond acceptors (Lipinski definition) is 7. The molecule has 0 radical (unpaired) electrons. The minimum Gasteiger partial charge on any atom is -0.399 e. The van der Waals surface area contributed by atoms with Crippen LogP contribution in [0, 0.1) is 6.92 Å². The Balaban J connectivity index is 0.000000183. The molecular weight excluding hydrogens is 486 g/mol. The molecule has 4 N–H and O–H groups in total. The molecule has 1 amide bonds. The van der Waals surface area contributed by atoms with E-state index in [2.05, 4.69) is 44.7 Å². The fourth-order valence-electron chi connectivity index (χ4n) is 4.22. The molecule has 0 saturated carbocycles. The summed E-state index contributed by atoms with van der Waals surface area (Å²) in [4.78, 5) is 20.8. The topological polar surface area (TPSA) is 99.4 Å². The van der Waals surface area contributed by atoms with Crippen LogP contribution in [0.1, 0.15) is 12.5 Å². The van der Waals surface area contributed by atoms with E-state index in [9.17, 15) is 4.79 Å². The zero-order chi connectivity index (χ0) is 27.5. The van der Waals surface area contributed by atoms with Gasteiger partial charge in [0.2, 0.25) is 0 Å². The van der Waals surface area contributed by atoms with Gasteiger partial charge in [0, 0.05) is 55.3 Å². The van der Waals surface area contributed by atoms with Gasteiger partial charge in [0.05, 0.1) is 11.4 Å². The number of nitrogen functional groups attached to an aromatic ring is 1. The fraction of sp³-hybridized carbons (Fsp3) is 0.194. The Hall–Kier alpha value is -4.53. The number of nitrogens with zero attached hydrogens (tertiary/aromatic N) is 4. The number of aromatic nitrogens is 2. The molecule has 1 saturated heterocycles. The number of anilines is 4. The van der Waals surface area contributed by atoms with Crippen LogP contribution < -0.4 is 21.4 Å². The molecule has 1 aliphatic rings. The molecular formula is C31H35N7O. The molecule has 0 bridgehead atoms. The van der Waals surface area contributed by atoms with E-state index in [-0.39, 0.29) is 5.91 Å². The fourth-order valence-corrected chi connectivity index (χ4v) is 4.22. The smallest absolute Gasteiger partial charge is 0.265 e. The number of amides is 1. The number of rotatable bonds is 6. The van der Waals surface area contributed by atoms with Crippen molar-refractivity contribution >= 4 is 28.8 Å². The molecule has 1 fully saturated rings. The number of carbonyl (C=O) groups is 1. The van der Waals surface area contributed by atoms with E-state index in [1.54, 1.807) is 23.5 Å². The highest BCUT2D eigenvalue weighted by molar-refractivity contribution is 6.00. The summed E-state index contributed by atoms with van der Waals surface area (Å²) in [6, 6.07) is 27.5. The first-order valence-electron chi connectivity index (χ1n) is 13.0. The highest BCUT2D eigenvalue weighted by Gasteiger charge is 2.22. The van der Waals surface area contributed by atoms with Crippen molar-refractivity contribution < 1.29 is 4.79 Å². The van der Waals surface area contributed by atoms with E-state index < -0.39 is 0 Å². The summed E-state index contributed by atoms with van der Waals surface area (Å²) in [5, 5.41) is 10.4. The van der Waals surface area contributed by atoms with Gasteiger partial charge in [-0.2, -0.15) is 0 Å². The first-order valence-corrected chi connectivity index (χ1v) is 13.0. The number of benzene rings is 3. The van der Waals surface area contributed by atoms with E-state index in [1.807, 2.05) is 79.7 Å². The Morgan fingerprint density at radius 2 is 1.74 bits per heavy atom. The SMILES string of the molecule is CC=CC(=O)N(c1ccccc1)N1CCNCC1.Cc1cccc(Nc2cc(-c3cccc(N)c3)ncn2)c1. The molecule has 200 valence electrons. The molecule has 8 nitrogen and oxygen atoms in total. The van der Waals surface area contributed by atoms with E-state index in [1.165, 1.54) is 5.56 Å². The van der Waals surface area contributed by atoms with Crippen LogP contribution in [0.25, 0.3) is 11.3 Å². The third-order valence-corrected chi connectivity index (χ3v) is 6.03. The van der Waals surface area contributed by atoms with Gasteiger partial charge < -0.3 is 16.4 Å². The predicted octanol–water partition coefficient (Wildman–Crippen LogP) is 5.19. The minimum absolute atomic E-state index is 0.00519. The Bertz CT molecular complexity index is 1380. The molecule has 0 spiro atoms. The second kappa shape index (κ2) is 13.9. The third kappa shape index (κ3) is 7.98. The normalized spacial score (nSPS) is 13.4. The number of hydrogen-bond donors (Lipinski definition) is 3. The van der Waals surface area contributed by atoms with Crippen LogP contribution in [0.15, 0.2) is 103 Å². The van der Waals surface area contributed by atoms with Gasteiger partial charge in [-0.25, -0.2) is 20.0 Å². The molecule has 4 aromatic rings. The second-order valence-electron chi connectivity index (χ2n) is 9.10. The van der Waals surface area contributed by atoms with E-state index in [0.717, 1.165) is 60.3 Å². The number of carbonyl (C=O) groups excluding carboxylic acids is 1. The number of nitrogens with one attached hydrogen (secondary N) is 2. The largest absolute Gasteiger partial charge is 0.399 e. The first-order chi connectivity index (χ1) is 19.0. The maximum atomic E-state index is 12.2. The lowest BCUT2D eigenvalue weighted by Gasteiger charge is -2.37. The number of nitrogens with two attached hydrogens (primary N) is 1. The monoisotopic (exact) mass is 521 g/mol. The standard InChI is InChI=1S/C17H16N4.C14H19N3O/c1-12-4-2-7-15(8-12)21-17-10-16(19-11-20-17)13-5-3-6-14(18)9-13;1-2-6-14(18)17(13-7-4-3-5-8-13)16-11-9-15-10-12-16/h2-11H,18H2,1H3,(H,19,20,21);2-8,15H,9-12H2,1H3. The molecule has 5 rings (SSSR count). The van der Waals surface area contributed by atoms with Gasteiger partial charge in [-0.05, 0) is 55.8 Å². The molecule has 1 aliphatic heterocycles. The van der Waals surface area contributed by atoms with Crippen molar-refractivity contribution in [3.63, 3.8) is 0 Å². The van der Waals surface area contributed by atoms with E-state index in [4.69, 9.17) is 5.73 Å². The summed E-state index contributed by atoms with van der Waals surface area (Å²) in [7, 11) is 0. The average molecular weight is 522 g/mol. The van der Waals surface area contributed by atoms with Crippen LogP contribution in [0.3, 0.4) is 0 Å². The Morgan fingerprint density at radius 1 is 0.974 bits per heavy atom. The Kier molecular flexibility index (Phi) is 9.77. The average Bonchev–Trinajstić information content (AvgIpc) is 2.95. The van der Waals surface area contributed by atoms with Crippen molar-refractivity contribution in [1.82, 2.24) is 20.3 Å². The van der Waals surface area contributed by atoms with Crippen molar-refractivity contribution in [3.8, 4) is 11.3 Å². The van der Waals surface area contributed by atoms with Crippen molar-refractivity contribution in [3.05, 3.63) is 109 Å². The van der Waals surface area contributed by atoms with Crippen molar-refractivity contribution in [2.24, 2.45) is 0 Å². The lowest BCUT2D eigenvalue weighted by molar-refractivity contribution is -0.117. The van der Waals surface area contributed by atoms with Crippen molar-refractivity contribution in [1.29, 1.82) is 0 Å². The predicted molar refractivity (Wildman–Crippen MR) is 160 cm³/mol. The quantitative estimate of drug-likeness (QED) is 0.237. The van der Waals surface area contributed by atoms with Crippen LogP contribution in [-0.2, 0) is 4.79 Å². The number of piperazine rings is 1. The van der Waals surface area contributed by atoms with Crippen LogP contribution in [-0.4, -0.2) is 47.1 Å². The summed E-state index contributed by atoms with van der Waals surface area (Å²) < 4.78 is 0.